The lowest BCUT2D eigenvalue weighted by molar-refractivity contribution is 0.747. The van der Waals surface area contributed by atoms with Crippen LogP contribution in [0.25, 0.3) is 11.2 Å². The molecule has 1 aromatic carbocycles. The third-order valence-corrected chi connectivity index (χ3v) is 5.33. The first-order chi connectivity index (χ1) is 11.0. The molecule has 1 aliphatic heterocycles. The monoisotopic (exact) mass is 322 g/mol. The van der Waals surface area contributed by atoms with E-state index in [1.165, 1.54) is 10.5 Å². The Bertz CT molecular complexity index is 953. The second-order valence-electron chi connectivity index (χ2n) is 6.33. The average molecular weight is 322 g/mol. The van der Waals surface area contributed by atoms with E-state index in [9.17, 15) is 0 Å². The maximum Gasteiger partial charge on any atom is 0.165 e. The predicted octanol–water partition coefficient (Wildman–Crippen LogP) is 4.18. The van der Waals surface area contributed by atoms with Crippen molar-refractivity contribution >= 4 is 28.8 Å². The Morgan fingerprint density at radius 2 is 1.87 bits per heavy atom. The first-order valence-corrected chi connectivity index (χ1v) is 8.46. The molecule has 2 aromatic heterocycles. The Hall–Kier alpha value is -2.14. The number of benzene rings is 1. The van der Waals surface area contributed by atoms with Crippen LogP contribution in [0.2, 0.25) is 0 Å². The summed E-state index contributed by atoms with van der Waals surface area (Å²) in [6.45, 7) is 8.42. The van der Waals surface area contributed by atoms with Gasteiger partial charge >= 0.3 is 0 Å². The van der Waals surface area contributed by atoms with E-state index in [-0.39, 0.29) is 4.87 Å². The third-order valence-electron chi connectivity index (χ3n) is 4.16. The van der Waals surface area contributed by atoms with E-state index in [2.05, 4.69) is 61.9 Å². The smallest absolute Gasteiger partial charge is 0.165 e. The minimum absolute atomic E-state index is 0.208. The predicted molar refractivity (Wildman–Crippen MR) is 95.3 cm³/mol. The number of imidazole rings is 1. The van der Waals surface area contributed by atoms with Crippen molar-refractivity contribution in [2.75, 3.05) is 0 Å². The van der Waals surface area contributed by atoms with Crippen molar-refractivity contribution in [2.45, 2.75) is 37.5 Å². The quantitative estimate of drug-likeness (QED) is 0.623. The van der Waals surface area contributed by atoms with E-state index in [0.717, 1.165) is 28.1 Å². The van der Waals surface area contributed by atoms with E-state index in [4.69, 9.17) is 4.99 Å². The van der Waals surface area contributed by atoms with Gasteiger partial charge in [0.1, 0.15) is 22.6 Å². The summed E-state index contributed by atoms with van der Waals surface area (Å²) in [5, 5.41) is 0. The molecule has 0 spiro atoms. The number of rotatable bonds is 0. The Morgan fingerprint density at radius 3 is 2.70 bits per heavy atom. The van der Waals surface area contributed by atoms with Gasteiger partial charge in [-0.15, -0.1) is 0 Å². The van der Waals surface area contributed by atoms with E-state index in [0.29, 0.717) is 0 Å². The van der Waals surface area contributed by atoms with Gasteiger partial charge in [0.05, 0.1) is 0 Å². The summed E-state index contributed by atoms with van der Waals surface area (Å²) in [6.07, 6.45) is 3.75. The van der Waals surface area contributed by atoms with Crippen molar-refractivity contribution in [3.8, 4) is 0 Å². The van der Waals surface area contributed by atoms with Gasteiger partial charge in [-0.2, -0.15) is 0 Å². The molecule has 0 unspecified atom stereocenters. The van der Waals surface area contributed by atoms with E-state index < -0.39 is 0 Å². The molecule has 3 aromatic rings. The highest BCUT2D eigenvalue weighted by Gasteiger charge is 2.29. The lowest BCUT2D eigenvalue weighted by Crippen LogP contribution is -2.25. The third kappa shape index (κ3) is 2.27. The number of aromatic nitrogens is 3. The zero-order valence-electron chi connectivity index (χ0n) is 13.7. The zero-order chi connectivity index (χ0) is 16.2. The van der Waals surface area contributed by atoms with Gasteiger partial charge in [0.25, 0.3) is 0 Å². The van der Waals surface area contributed by atoms with E-state index in [1.807, 2.05) is 17.1 Å². The van der Waals surface area contributed by atoms with Crippen molar-refractivity contribution in [3.63, 3.8) is 0 Å². The van der Waals surface area contributed by atoms with Crippen LogP contribution in [-0.4, -0.2) is 25.2 Å². The average Bonchev–Trinajstić information content (AvgIpc) is 2.94. The van der Waals surface area contributed by atoms with Gasteiger partial charge in [-0.05, 0) is 44.9 Å². The van der Waals surface area contributed by atoms with Crippen LogP contribution < -0.4 is 0 Å². The van der Waals surface area contributed by atoms with Crippen molar-refractivity contribution in [3.05, 3.63) is 53.5 Å². The number of aryl methyl sites for hydroxylation is 2. The maximum atomic E-state index is 4.96. The van der Waals surface area contributed by atoms with Crippen molar-refractivity contribution in [1.29, 1.82) is 0 Å². The minimum atomic E-state index is -0.208. The summed E-state index contributed by atoms with van der Waals surface area (Å²) in [4.78, 5) is 15.2. The summed E-state index contributed by atoms with van der Waals surface area (Å²) in [7, 11) is 0. The first-order valence-electron chi connectivity index (χ1n) is 7.64. The highest BCUT2D eigenvalue weighted by Crippen LogP contribution is 2.40. The molecule has 0 atom stereocenters. The molecule has 0 saturated carbocycles. The van der Waals surface area contributed by atoms with Gasteiger partial charge < -0.3 is 0 Å². The molecule has 116 valence electrons. The van der Waals surface area contributed by atoms with Crippen LogP contribution in [0.5, 0.6) is 0 Å². The highest BCUT2D eigenvalue weighted by atomic mass is 32.2. The van der Waals surface area contributed by atoms with Crippen LogP contribution in [0.1, 0.15) is 30.5 Å². The molecule has 0 bridgehead atoms. The molecule has 0 aliphatic carbocycles. The molecular weight excluding hydrogens is 304 g/mol. The second-order valence-corrected chi connectivity index (χ2v) is 7.98. The number of pyridine rings is 1. The first kappa shape index (κ1) is 14.5. The van der Waals surface area contributed by atoms with E-state index >= 15 is 0 Å². The van der Waals surface area contributed by atoms with E-state index in [1.54, 1.807) is 11.8 Å². The fraction of sp³-hybridized carbons (Fsp3) is 0.278. The van der Waals surface area contributed by atoms with Crippen molar-refractivity contribution in [2.24, 2.45) is 4.99 Å². The normalized spacial score (nSPS) is 16.3. The van der Waals surface area contributed by atoms with Crippen LogP contribution in [-0.2, 0) is 0 Å². The van der Waals surface area contributed by atoms with Crippen LogP contribution in [0, 0.1) is 13.8 Å². The molecule has 5 heteroatoms. The Labute approximate surface area is 139 Å². The largest absolute Gasteiger partial charge is 0.267 e. The molecule has 3 heterocycles. The molecule has 4 nitrogen and oxygen atoms in total. The molecule has 0 saturated heterocycles. The fourth-order valence-electron chi connectivity index (χ4n) is 2.86. The number of aliphatic imine (C=N–C) groups is 1. The number of nitrogens with zero attached hydrogens (tertiary/aromatic N) is 4. The summed E-state index contributed by atoms with van der Waals surface area (Å²) < 4.78 is 2.02. The maximum absolute atomic E-state index is 4.96. The van der Waals surface area contributed by atoms with Gasteiger partial charge in [0.15, 0.2) is 5.65 Å². The van der Waals surface area contributed by atoms with Gasteiger partial charge in [-0.3, -0.25) is 4.57 Å². The van der Waals surface area contributed by atoms with Gasteiger partial charge in [-0.1, -0.05) is 30.0 Å². The molecule has 4 rings (SSSR count). The molecule has 0 radical (unpaired) electrons. The Balaban J connectivity index is 2.00. The summed E-state index contributed by atoms with van der Waals surface area (Å²) in [5.41, 5.74) is 5.28. The van der Waals surface area contributed by atoms with Crippen LogP contribution >= 0.6 is 11.8 Å². The molecule has 23 heavy (non-hydrogen) atoms. The zero-order valence-corrected chi connectivity index (χ0v) is 14.5. The van der Waals surface area contributed by atoms with Gasteiger partial charge in [0.2, 0.25) is 0 Å². The summed E-state index contributed by atoms with van der Waals surface area (Å²) >= 11 is 1.78. The number of hydrogen-bond acceptors (Lipinski definition) is 4. The minimum Gasteiger partial charge on any atom is -0.267 e. The number of hydrogen-bond donors (Lipinski definition) is 0. The topological polar surface area (TPSA) is 43.1 Å². The standard InChI is InChI=1S/C18H18N4S/c1-11-9-19-17-15(12(11)2)20-10-22(17)16-13-7-5-6-8-14(13)23-18(3,4)21-16/h5-10H,1-4H3. The summed E-state index contributed by atoms with van der Waals surface area (Å²) in [6, 6.07) is 8.39. The second kappa shape index (κ2) is 4.93. The molecule has 1 aliphatic rings. The molecule has 0 fully saturated rings. The van der Waals surface area contributed by atoms with Crippen LogP contribution in [0.15, 0.2) is 46.7 Å². The molecule has 0 amide bonds. The van der Waals surface area contributed by atoms with Crippen molar-refractivity contribution < 1.29 is 0 Å². The molecular formula is C18H18N4S. The lowest BCUT2D eigenvalue weighted by Gasteiger charge is -2.28. The van der Waals surface area contributed by atoms with Crippen molar-refractivity contribution in [1.82, 2.24) is 14.5 Å². The van der Waals surface area contributed by atoms with Gasteiger partial charge in [0, 0.05) is 16.7 Å². The lowest BCUT2D eigenvalue weighted by atomic mass is 10.1. The fourth-order valence-corrected chi connectivity index (χ4v) is 3.94. The molecule has 0 N–H and O–H groups in total. The Kier molecular flexibility index (Phi) is 3.10. The summed E-state index contributed by atoms with van der Waals surface area (Å²) in [5.74, 6) is 0.919. The number of fused-ring (bicyclic) bond motifs is 2. The van der Waals surface area contributed by atoms with Crippen LogP contribution in [0.4, 0.5) is 0 Å². The number of thioether (sulfide) groups is 1. The Morgan fingerprint density at radius 1 is 1.09 bits per heavy atom. The highest BCUT2D eigenvalue weighted by molar-refractivity contribution is 8.00. The van der Waals surface area contributed by atoms with Gasteiger partial charge in [-0.25, -0.2) is 15.0 Å². The van der Waals surface area contributed by atoms with Crippen LogP contribution in [0.3, 0.4) is 0 Å². The SMILES string of the molecule is Cc1cnc2c(ncn2C2=NC(C)(C)Sc3ccccc32)c1C.